The maximum absolute atomic E-state index is 12.0. The number of hydrogen-bond donors (Lipinski definition) is 2. The first-order chi connectivity index (χ1) is 12.6. The lowest BCUT2D eigenvalue weighted by Crippen LogP contribution is -2.42. The first-order valence-electron chi connectivity index (χ1n) is 8.39. The van der Waals surface area contributed by atoms with Gasteiger partial charge in [0, 0.05) is 0 Å². The van der Waals surface area contributed by atoms with Crippen LogP contribution in [0.5, 0.6) is 5.75 Å². The summed E-state index contributed by atoms with van der Waals surface area (Å²) in [5, 5.41) is 8.44. The molecule has 0 aliphatic heterocycles. The number of rotatable bonds is 5. The van der Waals surface area contributed by atoms with Crippen LogP contribution in [-0.4, -0.2) is 17.6 Å². The van der Waals surface area contributed by atoms with Crippen LogP contribution in [0.25, 0.3) is 10.8 Å². The Labute approximate surface area is 158 Å². The van der Waals surface area contributed by atoms with Crippen molar-refractivity contribution in [3.8, 4) is 5.75 Å². The van der Waals surface area contributed by atoms with Crippen LogP contribution >= 0.6 is 12.2 Å². The number of fused-ring (bicyclic) bond motifs is 1. The molecule has 1 unspecified atom stereocenters. The van der Waals surface area contributed by atoms with Gasteiger partial charge in [0.25, 0.3) is 5.91 Å². The number of hydrogen-bond acceptors (Lipinski definition) is 3. The largest absolute Gasteiger partial charge is 0.484 e. The summed E-state index contributed by atoms with van der Waals surface area (Å²) in [4.78, 5) is 12.0. The maximum Gasteiger partial charge on any atom is 0.264 e. The standard InChI is InChI=1S/C21H20N2O2S/c1-15(18-13-7-9-16-8-5-6-12-19(16)18)22-21(26)23-20(24)14-25-17-10-3-2-4-11-17/h2-13,15H,14H2,1H3,(H2,22,23,24,26). The van der Waals surface area contributed by atoms with Crippen molar-refractivity contribution >= 4 is 34.0 Å². The van der Waals surface area contributed by atoms with E-state index in [0.717, 1.165) is 10.9 Å². The van der Waals surface area contributed by atoms with E-state index in [0.29, 0.717) is 5.75 Å². The van der Waals surface area contributed by atoms with Crippen molar-refractivity contribution in [3.05, 3.63) is 78.4 Å². The van der Waals surface area contributed by atoms with E-state index in [1.807, 2.05) is 43.3 Å². The molecule has 0 heterocycles. The number of carbonyl (C=O) groups excluding carboxylic acids is 1. The summed E-state index contributed by atoms with van der Waals surface area (Å²) in [6.45, 7) is 1.93. The van der Waals surface area contributed by atoms with Gasteiger partial charge in [-0.15, -0.1) is 0 Å². The van der Waals surface area contributed by atoms with Gasteiger partial charge < -0.3 is 15.4 Å². The van der Waals surface area contributed by atoms with E-state index in [-0.39, 0.29) is 23.7 Å². The number of nitrogens with one attached hydrogen (secondary N) is 2. The fraction of sp³-hybridized carbons (Fsp3) is 0.143. The number of para-hydroxylation sites is 1. The summed E-state index contributed by atoms with van der Waals surface area (Å²) >= 11 is 5.26. The Morgan fingerprint density at radius 1 is 1.00 bits per heavy atom. The molecule has 0 aromatic heterocycles. The average Bonchev–Trinajstić information content (AvgIpc) is 2.66. The molecule has 3 aromatic carbocycles. The highest BCUT2D eigenvalue weighted by molar-refractivity contribution is 7.80. The first kappa shape index (κ1) is 17.9. The minimum absolute atomic E-state index is 0.0380. The maximum atomic E-state index is 12.0. The van der Waals surface area contributed by atoms with Crippen molar-refractivity contribution in [2.24, 2.45) is 0 Å². The summed E-state index contributed by atoms with van der Waals surface area (Å²) in [5.41, 5.74) is 1.13. The molecule has 0 fully saturated rings. The summed E-state index contributed by atoms with van der Waals surface area (Å²) < 4.78 is 5.42. The van der Waals surface area contributed by atoms with Crippen LogP contribution in [0.2, 0.25) is 0 Å². The van der Waals surface area contributed by atoms with E-state index in [1.54, 1.807) is 12.1 Å². The minimum atomic E-state index is -0.295. The van der Waals surface area contributed by atoms with Gasteiger partial charge in [0.2, 0.25) is 0 Å². The highest BCUT2D eigenvalue weighted by Crippen LogP contribution is 2.23. The van der Waals surface area contributed by atoms with Gasteiger partial charge in [-0.1, -0.05) is 60.7 Å². The minimum Gasteiger partial charge on any atom is -0.484 e. The molecule has 0 aliphatic rings. The lowest BCUT2D eigenvalue weighted by molar-refractivity contribution is -0.121. The van der Waals surface area contributed by atoms with E-state index in [9.17, 15) is 4.79 Å². The second-order valence-corrected chi connectivity index (χ2v) is 6.32. The van der Waals surface area contributed by atoms with Gasteiger partial charge in [-0.3, -0.25) is 4.79 Å². The van der Waals surface area contributed by atoms with Gasteiger partial charge >= 0.3 is 0 Å². The van der Waals surface area contributed by atoms with Crippen molar-refractivity contribution < 1.29 is 9.53 Å². The van der Waals surface area contributed by atoms with Crippen molar-refractivity contribution in [3.63, 3.8) is 0 Å². The van der Waals surface area contributed by atoms with Crippen LogP contribution in [0, 0.1) is 0 Å². The van der Waals surface area contributed by atoms with Gasteiger partial charge in [0.15, 0.2) is 11.7 Å². The second-order valence-electron chi connectivity index (χ2n) is 5.91. The smallest absolute Gasteiger partial charge is 0.264 e. The predicted molar refractivity (Wildman–Crippen MR) is 108 cm³/mol. The zero-order chi connectivity index (χ0) is 18.4. The Morgan fingerprint density at radius 2 is 1.69 bits per heavy atom. The average molecular weight is 364 g/mol. The summed E-state index contributed by atoms with van der Waals surface area (Å²) in [6, 6.07) is 23.5. The van der Waals surface area contributed by atoms with Gasteiger partial charge in [-0.05, 0) is 47.6 Å². The molecule has 0 saturated heterocycles. The molecule has 26 heavy (non-hydrogen) atoms. The lowest BCUT2D eigenvalue weighted by Gasteiger charge is -2.18. The quantitative estimate of drug-likeness (QED) is 0.673. The molecule has 3 rings (SSSR count). The number of thiocarbonyl (C=S) groups is 1. The van der Waals surface area contributed by atoms with E-state index in [2.05, 4.69) is 34.9 Å². The van der Waals surface area contributed by atoms with Crippen LogP contribution < -0.4 is 15.4 Å². The van der Waals surface area contributed by atoms with E-state index >= 15 is 0 Å². The monoisotopic (exact) mass is 364 g/mol. The van der Waals surface area contributed by atoms with Crippen molar-refractivity contribution in [1.82, 2.24) is 10.6 Å². The van der Waals surface area contributed by atoms with Gasteiger partial charge in [-0.2, -0.15) is 0 Å². The van der Waals surface area contributed by atoms with Crippen molar-refractivity contribution in [1.29, 1.82) is 0 Å². The Bertz CT molecular complexity index is 907. The van der Waals surface area contributed by atoms with Crippen molar-refractivity contribution in [2.45, 2.75) is 13.0 Å². The van der Waals surface area contributed by atoms with Gasteiger partial charge in [0.1, 0.15) is 5.75 Å². The third kappa shape index (κ3) is 4.58. The zero-order valence-electron chi connectivity index (χ0n) is 14.4. The second kappa shape index (κ2) is 8.45. The molecular weight excluding hydrogens is 344 g/mol. The molecule has 1 atom stereocenters. The van der Waals surface area contributed by atoms with Gasteiger partial charge in [-0.25, -0.2) is 0 Å². The van der Waals surface area contributed by atoms with Gasteiger partial charge in [0.05, 0.1) is 6.04 Å². The van der Waals surface area contributed by atoms with Crippen molar-refractivity contribution in [2.75, 3.05) is 6.61 Å². The molecule has 0 spiro atoms. The third-order valence-electron chi connectivity index (χ3n) is 4.00. The van der Waals surface area contributed by atoms with Crippen LogP contribution in [0.3, 0.4) is 0 Å². The zero-order valence-corrected chi connectivity index (χ0v) is 15.3. The normalized spacial score (nSPS) is 11.6. The van der Waals surface area contributed by atoms with Crippen LogP contribution in [0.15, 0.2) is 72.8 Å². The number of carbonyl (C=O) groups is 1. The molecule has 1 amide bonds. The third-order valence-corrected chi connectivity index (χ3v) is 4.22. The molecule has 5 heteroatoms. The fourth-order valence-electron chi connectivity index (χ4n) is 2.77. The topological polar surface area (TPSA) is 50.4 Å². The van der Waals surface area contributed by atoms with E-state index < -0.39 is 0 Å². The number of benzene rings is 3. The summed E-state index contributed by atoms with van der Waals surface area (Å²) in [5.74, 6) is 0.349. The Kier molecular flexibility index (Phi) is 5.81. The molecule has 0 aliphatic carbocycles. The molecule has 0 radical (unpaired) electrons. The van der Waals surface area contributed by atoms with E-state index in [1.165, 1.54) is 5.39 Å². The molecule has 0 bridgehead atoms. The number of amides is 1. The van der Waals surface area contributed by atoms with Crippen LogP contribution in [0.4, 0.5) is 0 Å². The predicted octanol–water partition coefficient (Wildman–Crippen LogP) is 3.97. The molecule has 3 aromatic rings. The summed E-state index contributed by atoms with van der Waals surface area (Å²) in [6.07, 6.45) is 0. The number of ether oxygens (including phenoxy) is 1. The highest BCUT2D eigenvalue weighted by atomic mass is 32.1. The molecule has 2 N–H and O–H groups in total. The SMILES string of the molecule is CC(NC(=S)NC(=O)COc1ccccc1)c1cccc2ccccc12. The molecule has 132 valence electrons. The molecule has 0 saturated carbocycles. The molecular formula is C21H20N2O2S. The van der Waals surface area contributed by atoms with E-state index in [4.69, 9.17) is 17.0 Å². The Hall–Kier alpha value is -2.92. The molecule has 4 nitrogen and oxygen atoms in total. The van der Waals surface area contributed by atoms with Crippen LogP contribution in [0.1, 0.15) is 18.5 Å². The van der Waals surface area contributed by atoms with Crippen LogP contribution in [-0.2, 0) is 4.79 Å². The Balaban J connectivity index is 1.56. The summed E-state index contributed by atoms with van der Waals surface area (Å²) in [7, 11) is 0. The first-order valence-corrected chi connectivity index (χ1v) is 8.80. The Morgan fingerprint density at radius 3 is 2.50 bits per heavy atom. The lowest BCUT2D eigenvalue weighted by atomic mass is 10.00. The highest BCUT2D eigenvalue weighted by Gasteiger charge is 2.12. The fourth-order valence-corrected chi connectivity index (χ4v) is 3.06.